The average Bonchev–Trinajstić information content (AvgIpc) is 1.98. The summed E-state index contributed by atoms with van der Waals surface area (Å²) in [5, 5.41) is 11.6. The van der Waals surface area contributed by atoms with E-state index >= 15 is 0 Å². The van der Waals surface area contributed by atoms with Gasteiger partial charge < -0.3 is 10.1 Å². The highest BCUT2D eigenvalue weighted by Gasteiger charge is 2.22. The van der Waals surface area contributed by atoms with Crippen molar-refractivity contribution >= 4 is 12.0 Å². The summed E-state index contributed by atoms with van der Waals surface area (Å²) in [6, 6.07) is -0.824. The smallest absolute Gasteiger partial charge is 0.408 e. The van der Waals surface area contributed by atoms with Crippen LogP contribution in [0, 0.1) is 0 Å². The molecule has 0 rings (SSSR count). The number of hydrogen-bond donors (Lipinski definition) is 2. The third kappa shape index (κ3) is 5.90. The van der Waals surface area contributed by atoms with E-state index in [9.17, 15) is 9.59 Å². The Morgan fingerprint density at radius 1 is 1.40 bits per heavy atom. The van der Waals surface area contributed by atoms with E-state index in [0.717, 1.165) is 0 Å². The van der Waals surface area contributed by atoms with Crippen LogP contribution in [0.25, 0.3) is 0 Å². The zero-order valence-corrected chi connectivity index (χ0v) is 9.70. The molecule has 0 aromatic rings. The van der Waals surface area contributed by atoms with E-state index in [0.29, 0.717) is 5.06 Å². The van der Waals surface area contributed by atoms with E-state index in [1.54, 1.807) is 20.8 Å². The van der Waals surface area contributed by atoms with E-state index < -0.39 is 23.6 Å². The summed E-state index contributed by atoms with van der Waals surface area (Å²) in [5.74, 6) is -0.610. The van der Waals surface area contributed by atoms with Crippen molar-refractivity contribution in [3.8, 4) is 0 Å². The normalized spacial score (nSPS) is 12.9. The predicted octanol–water partition coefficient (Wildman–Crippen LogP) is 0.747. The molecule has 88 valence electrons. The van der Waals surface area contributed by atoms with Gasteiger partial charge in [-0.25, -0.2) is 9.86 Å². The summed E-state index contributed by atoms with van der Waals surface area (Å²) in [7, 11) is 1.19. The van der Waals surface area contributed by atoms with Gasteiger partial charge in [0.2, 0.25) is 0 Å². The Morgan fingerprint density at radius 3 is 2.20 bits per heavy atom. The van der Waals surface area contributed by atoms with Crippen molar-refractivity contribution in [2.45, 2.75) is 39.3 Å². The second-order valence-corrected chi connectivity index (χ2v) is 4.23. The van der Waals surface area contributed by atoms with Crippen LogP contribution in [0.3, 0.4) is 0 Å². The van der Waals surface area contributed by atoms with Crippen molar-refractivity contribution in [1.29, 1.82) is 0 Å². The van der Waals surface area contributed by atoms with E-state index in [1.165, 1.54) is 14.0 Å². The van der Waals surface area contributed by atoms with Gasteiger partial charge in [0.25, 0.3) is 5.91 Å². The maximum absolute atomic E-state index is 11.2. The van der Waals surface area contributed by atoms with Gasteiger partial charge in [0.1, 0.15) is 11.6 Å². The number of nitrogens with one attached hydrogen (secondary N) is 1. The van der Waals surface area contributed by atoms with Crippen molar-refractivity contribution in [3.63, 3.8) is 0 Å². The van der Waals surface area contributed by atoms with Crippen LogP contribution in [0.1, 0.15) is 27.7 Å². The van der Waals surface area contributed by atoms with Gasteiger partial charge >= 0.3 is 6.09 Å². The first-order chi connectivity index (χ1) is 6.63. The molecule has 2 N–H and O–H groups in total. The molecule has 0 radical (unpaired) electrons. The van der Waals surface area contributed by atoms with Gasteiger partial charge in [0, 0.05) is 7.05 Å². The van der Waals surface area contributed by atoms with Crippen LogP contribution in [-0.2, 0) is 9.53 Å². The van der Waals surface area contributed by atoms with Crippen LogP contribution < -0.4 is 5.32 Å². The molecule has 0 aliphatic heterocycles. The standard InChI is InChI=1S/C9H18N2O4/c1-6(7(12)11(5)14)10-8(13)15-9(2,3)4/h6,14H,1-5H3,(H,10,13)/t6-/m0/s1. The first-order valence-electron chi connectivity index (χ1n) is 4.59. The SMILES string of the molecule is C[C@H](NC(=O)OC(C)(C)C)C(=O)N(C)O. The molecular weight excluding hydrogens is 200 g/mol. The zero-order chi connectivity index (χ0) is 12.2. The molecule has 6 nitrogen and oxygen atoms in total. The maximum atomic E-state index is 11.2. The summed E-state index contributed by atoms with van der Waals surface area (Å²) in [5.41, 5.74) is -0.613. The van der Waals surface area contributed by atoms with E-state index in [2.05, 4.69) is 5.32 Å². The second kappa shape index (κ2) is 4.97. The lowest BCUT2D eigenvalue weighted by Gasteiger charge is -2.22. The minimum Gasteiger partial charge on any atom is -0.444 e. The second-order valence-electron chi connectivity index (χ2n) is 4.23. The number of carbonyl (C=O) groups excluding carboxylic acids is 2. The number of hydrogen-bond acceptors (Lipinski definition) is 4. The molecule has 0 saturated carbocycles. The van der Waals surface area contributed by atoms with Crippen molar-refractivity contribution in [2.24, 2.45) is 0 Å². The fraction of sp³-hybridized carbons (Fsp3) is 0.778. The Hall–Kier alpha value is -1.30. The highest BCUT2D eigenvalue weighted by molar-refractivity contribution is 5.84. The van der Waals surface area contributed by atoms with Gasteiger partial charge in [-0.3, -0.25) is 10.0 Å². The summed E-state index contributed by atoms with van der Waals surface area (Å²) in [4.78, 5) is 22.4. The number of alkyl carbamates (subject to hydrolysis) is 1. The highest BCUT2D eigenvalue weighted by Crippen LogP contribution is 2.06. The molecule has 0 spiro atoms. The molecule has 0 aliphatic rings. The summed E-state index contributed by atoms with van der Waals surface area (Å²) < 4.78 is 4.94. The van der Waals surface area contributed by atoms with Gasteiger partial charge in [0.05, 0.1) is 0 Å². The number of amides is 2. The number of nitrogens with zero attached hydrogens (tertiary/aromatic N) is 1. The van der Waals surface area contributed by atoms with E-state index in [1.807, 2.05) is 0 Å². The number of ether oxygens (including phenoxy) is 1. The van der Waals surface area contributed by atoms with Crippen LogP contribution in [0.15, 0.2) is 0 Å². The van der Waals surface area contributed by atoms with E-state index in [-0.39, 0.29) is 0 Å². The average molecular weight is 218 g/mol. The maximum Gasteiger partial charge on any atom is 0.408 e. The lowest BCUT2D eigenvalue weighted by Crippen LogP contribution is -2.46. The Morgan fingerprint density at radius 2 is 1.87 bits per heavy atom. The molecule has 0 fully saturated rings. The molecular formula is C9H18N2O4. The van der Waals surface area contributed by atoms with Gasteiger partial charge in [0.15, 0.2) is 0 Å². The molecule has 0 bridgehead atoms. The molecule has 2 amide bonds. The predicted molar refractivity (Wildman–Crippen MR) is 53.4 cm³/mol. The molecule has 0 aromatic carbocycles. The van der Waals surface area contributed by atoms with Crippen molar-refractivity contribution in [2.75, 3.05) is 7.05 Å². The Kier molecular flexibility index (Phi) is 4.54. The first kappa shape index (κ1) is 13.7. The minimum atomic E-state index is -0.824. The molecule has 15 heavy (non-hydrogen) atoms. The molecule has 0 aliphatic carbocycles. The molecule has 0 heterocycles. The number of likely N-dealkylation sites (N-methyl/N-ethyl adjacent to an activating group) is 1. The summed E-state index contributed by atoms with van der Waals surface area (Å²) >= 11 is 0. The Bertz CT molecular complexity index is 245. The van der Waals surface area contributed by atoms with Crippen molar-refractivity contribution in [1.82, 2.24) is 10.4 Å². The Balaban J connectivity index is 4.14. The lowest BCUT2D eigenvalue weighted by molar-refractivity contribution is -0.161. The molecule has 1 atom stereocenters. The van der Waals surface area contributed by atoms with Gasteiger partial charge in [-0.15, -0.1) is 0 Å². The molecule has 0 saturated heterocycles. The topological polar surface area (TPSA) is 78.9 Å². The minimum absolute atomic E-state index is 0.419. The van der Waals surface area contributed by atoms with Gasteiger partial charge in [-0.1, -0.05) is 0 Å². The Labute approximate surface area is 89.2 Å². The fourth-order valence-electron chi connectivity index (χ4n) is 0.826. The number of rotatable bonds is 2. The monoisotopic (exact) mass is 218 g/mol. The molecule has 6 heteroatoms. The number of hydroxylamine groups is 2. The van der Waals surface area contributed by atoms with Crippen LogP contribution in [0.2, 0.25) is 0 Å². The lowest BCUT2D eigenvalue weighted by atomic mass is 10.2. The zero-order valence-electron chi connectivity index (χ0n) is 9.70. The highest BCUT2D eigenvalue weighted by atomic mass is 16.6. The molecule has 0 aromatic heterocycles. The first-order valence-corrected chi connectivity index (χ1v) is 4.59. The van der Waals surface area contributed by atoms with Gasteiger partial charge in [-0.05, 0) is 27.7 Å². The quantitative estimate of drug-likeness (QED) is 0.529. The third-order valence-electron chi connectivity index (χ3n) is 1.42. The summed E-state index contributed by atoms with van der Waals surface area (Å²) in [6.45, 7) is 6.62. The molecule has 0 unspecified atom stereocenters. The van der Waals surface area contributed by atoms with Gasteiger partial charge in [-0.2, -0.15) is 0 Å². The van der Waals surface area contributed by atoms with Crippen molar-refractivity contribution < 1.29 is 19.5 Å². The van der Waals surface area contributed by atoms with Crippen molar-refractivity contribution in [3.05, 3.63) is 0 Å². The third-order valence-corrected chi connectivity index (χ3v) is 1.42. The largest absolute Gasteiger partial charge is 0.444 e. The fourth-order valence-corrected chi connectivity index (χ4v) is 0.826. The van der Waals surface area contributed by atoms with Crippen LogP contribution >= 0.6 is 0 Å². The van der Waals surface area contributed by atoms with Crippen LogP contribution in [0.5, 0.6) is 0 Å². The van der Waals surface area contributed by atoms with Crippen LogP contribution in [0.4, 0.5) is 4.79 Å². The van der Waals surface area contributed by atoms with Crippen LogP contribution in [-0.4, -0.2) is 41.0 Å². The summed E-state index contributed by atoms with van der Waals surface area (Å²) in [6.07, 6.45) is -0.690. The van der Waals surface area contributed by atoms with E-state index in [4.69, 9.17) is 9.94 Å². The number of carbonyl (C=O) groups is 2.